The number of methoxy groups -OCH3 is 2. The average molecular weight is 630 g/mol. The molecule has 232 valence electrons. The Morgan fingerprint density at radius 3 is 2.26 bits per heavy atom. The van der Waals surface area contributed by atoms with Gasteiger partial charge in [-0.25, -0.2) is 8.42 Å². The molecule has 0 aromatic heterocycles. The molecule has 0 radical (unpaired) electrons. The summed E-state index contributed by atoms with van der Waals surface area (Å²) in [4.78, 5) is 28.9. The van der Waals surface area contributed by atoms with Crippen molar-refractivity contribution in [1.82, 2.24) is 10.2 Å². The van der Waals surface area contributed by atoms with Gasteiger partial charge in [0, 0.05) is 24.2 Å². The highest BCUT2D eigenvalue weighted by Crippen LogP contribution is 2.32. The maximum absolute atomic E-state index is 14.2. The van der Waals surface area contributed by atoms with E-state index in [1.807, 2.05) is 45.0 Å². The number of anilines is 1. The first kappa shape index (κ1) is 33.7. The van der Waals surface area contributed by atoms with Crippen LogP contribution in [0.1, 0.15) is 44.2 Å². The molecular weight excluding hydrogens is 590 g/mol. The minimum Gasteiger partial charge on any atom is -0.493 e. The van der Waals surface area contributed by atoms with Crippen LogP contribution < -0.4 is 19.1 Å². The number of sulfonamides is 1. The van der Waals surface area contributed by atoms with Crippen LogP contribution in [-0.2, 0) is 26.2 Å². The Balaban J connectivity index is 2.07. The van der Waals surface area contributed by atoms with Gasteiger partial charge in [0.1, 0.15) is 12.6 Å². The number of rotatable bonds is 15. The standard InChI is InChI=1S/C32H40ClN3O6S/c1-6-8-18-34-32(38)28(7-2)35(21-24-11-9-10-23(3)19-24)31(37)22-36(26-14-12-25(33)13-15-26)43(39,40)27-16-17-29(41-4)30(20-27)42-5/h9-17,19-20,28H,6-8,18,21-22H2,1-5H3,(H,34,38). The number of unbranched alkanes of at least 4 members (excludes halogenated alkanes) is 1. The summed E-state index contributed by atoms with van der Waals surface area (Å²) in [7, 11) is -1.43. The first-order valence-corrected chi connectivity index (χ1v) is 16.0. The molecule has 11 heteroatoms. The zero-order chi connectivity index (χ0) is 31.6. The number of carbonyl (C=O) groups excluding carboxylic acids is 2. The lowest BCUT2D eigenvalue weighted by molar-refractivity contribution is -0.140. The minimum absolute atomic E-state index is 0.0949. The molecule has 3 rings (SSSR count). The number of nitrogens with one attached hydrogen (secondary N) is 1. The van der Waals surface area contributed by atoms with Gasteiger partial charge in [0.25, 0.3) is 10.0 Å². The largest absolute Gasteiger partial charge is 0.493 e. The molecule has 0 saturated carbocycles. The smallest absolute Gasteiger partial charge is 0.264 e. The number of benzene rings is 3. The summed E-state index contributed by atoms with van der Waals surface area (Å²) < 4.78 is 39.9. The molecule has 1 unspecified atom stereocenters. The molecule has 3 aromatic rings. The van der Waals surface area contributed by atoms with E-state index in [-0.39, 0.29) is 28.8 Å². The van der Waals surface area contributed by atoms with Gasteiger partial charge in [-0.1, -0.05) is 61.7 Å². The normalized spacial score (nSPS) is 11.9. The molecule has 0 heterocycles. The number of ether oxygens (including phenoxy) is 2. The molecule has 1 atom stereocenters. The molecule has 43 heavy (non-hydrogen) atoms. The van der Waals surface area contributed by atoms with Crippen molar-refractivity contribution in [3.05, 3.63) is 82.9 Å². The zero-order valence-corrected chi connectivity index (χ0v) is 26.9. The van der Waals surface area contributed by atoms with Gasteiger partial charge in [-0.3, -0.25) is 13.9 Å². The summed E-state index contributed by atoms with van der Waals surface area (Å²) in [5, 5.41) is 3.34. The summed E-state index contributed by atoms with van der Waals surface area (Å²) in [6.07, 6.45) is 2.06. The predicted octanol–water partition coefficient (Wildman–Crippen LogP) is 5.58. The van der Waals surface area contributed by atoms with E-state index in [0.717, 1.165) is 28.3 Å². The third-order valence-corrected chi connectivity index (χ3v) is 9.01. The molecule has 2 amide bonds. The van der Waals surface area contributed by atoms with Gasteiger partial charge in [0.15, 0.2) is 11.5 Å². The van der Waals surface area contributed by atoms with Gasteiger partial charge >= 0.3 is 0 Å². The average Bonchev–Trinajstić information content (AvgIpc) is 2.99. The van der Waals surface area contributed by atoms with Crippen molar-refractivity contribution in [2.45, 2.75) is 57.5 Å². The van der Waals surface area contributed by atoms with Crippen LogP contribution in [0, 0.1) is 6.92 Å². The lowest BCUT2D eigenvalue weighted by Crippen LogP contribution is -2.52. The van der Waals surface area contributed by atoms with E-state index in [1.165, 1.54) is 49.5 Å². The lowest BCUT2D eigenvalue weighted by Gasteiger charge is -2.33. The highest BCUT2D eigenvalue weighted by molar-refractivity contribution is 7.92. The molecule has 0 aliphatic rings. The maximum Gasteiger partial charge on any atom is 0.264 e. The fraction of sp³-hybridized carbons (Fsp3) is 0.375. The lowest BCUT2D eigenvalue weighted by atomic mass is 10.1. The van der Waals surface area contributed by atoms with Gasteiger partial charge in [-0.05, 0) is 61.7 Å². The van der Waals surface area contributed by atoms with Crippen LogP contribution in [0.3, 0.4) is 0 Å². The van der Waals surface area contributed by atoms with Crippen LogP contribution in [0.4, 0.5) is 5.69 Å². The highest BCUT2D eigenvalue weighted by Gasteiger charge is 2.34. The minimum atomic E-state index is -4.30. The highest BCUT2D eigenvalue weighted by atomic mass is 35.5. The van der Waals surface area contributed by atoms with E-state index in [1.54, 1.807) is 12.1 Å². The SMILES string of the molecule is CCCCNC(=O)C(CC)N(Cc1cccc(C)c1)C(=O)CN(c1ccc(Cl)cc1)S(=O)(=O)c1ccc(OC)c(OC)c1. The van der Waals surface area contributed by atoms with Crippen LogP contribution in [0.2, 0.25) is 5.02 Å². The number of nitrogens with zero attached hydrogens (tertiary/aromatic N) is 2. The molecule has 9 nitrogen and oxygen atoms in total. The van der Waals surface area contributed by atoms with Gasteiger partial charge < -0.3 is 19.7 Å². The molecular formula is C32H40ClN3O6S. The van der Waals surface area contributed by atoms with Crippen molar-refractivity contribution in [1.29, 1.82) is 0 Å². The number of amides is 2. The number of aryl methyl sites for hydroxylation is 1. The number of carbonyl (C=O) groups is 2. The Morgan fingerprint density at radius 2 is 1.65 bits per heavy atom. The van der Waals surface area contributed by atoms with E-state index in [9.17, 15) is 18.0 Å². The van der Waals surface area contributed by atoms with E-state index in [4.69, 9.17) is 21.1 Å². The molecule has 0 fully saturated rings. The first-order valence-electron chi connectivity index (χ1n) is 14.2. The van der Waals surface area contributed by atoms with E-state index >= 15 is 0 Å². The summed E-state index contributed by atoms with van der Waals surface area (Å²) >= 11 is 6.11. The van der Waals surface area contributed by atoms with Crippen LogP contribution in [-0.4, -0.2) is 58.5 Å². The molecule has 0 aliphatic heterocycles. The maximum atomic E-state index is 14.2. The van der Waals surface area contributed by atoms with Gasteiger partial charge in [-0.2, -0.15) is 0 Å². The van der Waals surface area contributed by atoms with E-state index in [0.29, 0.717) is 23.7 Å². The second-order valence-electron chi connectivity index (χ2n) is 10.1. The Kier molecular flexibility index (Phi) is 12.3. The molecule has 3 aromatic carbocycles. The summed E-state index contributed by atoms with van der Waals surface area (Å²) in [6, 6.07) is 17.3. The van der Waals surface area contributed by atoms with Crippen molar-refractivity contribution in [2.75, 3.05) is 31.6 Å². The molecule has 0 saturated heterocycles. The molecule has 0 bridgehead atoms. The van der Waals surface area contributed by atoms with Gasteiger partial charge in [0.2, 0.25) is 11.8 Å². The van der Waals surface area contributed by atoms with Crippen molar-refractivity contribution < 1.29 is 27.5 Å². The van der Waals surface area contributed by atoms with E-state index in [2.05, 4.69) is 5.32 Å². The topological polar surface area (TPSA) is 105 Å². The van der Waals surface area contributed by atoms with Gasteiger partial charge in [0.05, 0.1) is 24.8 Å². The van der Waals surface area contributed by atoms with Crippen LogP contribution >= 0.6 is 11.6 Å². The molecule has 1 N–H and O–H groups in total. The summed E-state index contributed by atoms with van der Waals surface area (Å²) in [5.74, 6) is -0.225. The van der Waals surface area contributed by atoms with Crippen LogP contribution in [0.5, 0.6) is 11.5 Å². The van der Waals surface area contributed by atoms with Crippen molar-refractivity contribution in [3.8, 4) is 11.5 Å². The quantitative estimate of drug-likeness (QED) is 0.220. The third kappa shape index (κ3) is 8.64. The molecule has 0 aliphatic carbocycles. The Labute approximate surface area is 259 Å². The number of hydrogen-bond acceptors (Lipinski definition) is 6. The Hall–Kier alpha value is -3.76. The summed E-state index contributed by atoms with van der Waals surface area (Å²) in [6.45, 7) is 5.87. The monoisotopic (exact) mass is 629 g/mol. The van der Waals surface area contributed by atoms with Crippen LogP contribution in [0.25, 0.3) is 0 Å². The van der Waals surface area contributed by atoms with Crippen molar-refractivity contribution >= 4 is 39.1 Å². The summed E-state index contributed by atoms with van der Waals surface area (Å²) in [5.41, 5.74) is 2.07. The predicted molar refractivity (Wildman–Crippen MR) is 169 cm³/mol. The first-order chi connectivity index (χ1) is 20.5. The van der Waals surface area contributed by atoms with E-state index < -0.39 is 28.5 Å². The van der Waals surface area contributed by atoms with Gasteiger partial charge in [-0.15, -0.1) is 0 Å². The zero-order valence-electron chi connectivity index (χ0n) is 25.3. The second-order valence-corrected chi connectivity index (χ2v) is 12.4. The molecule has 0 spiro atoms. The second kappa shape index (κ2) is 15.6. The van der Waals surface area contributed by atoms with Crippen molar-refractivity contribution in [3.63, 3.8) is 0 Å². The number of halogens is 1. The number of hydrogen-bond donors (Lipinski definition) is 1. The Morgan fingerprint density at radius 1 is 0.953 bits per heavy atom. The fourth-order valence-corrected chi connectivity index (χ4v) is 6.23. The van der Waals surface area contributed by atoms with Crippen LogP contribution in [0.15, 0.2) is 71.6 Å². The Bertz CT molecular complexity index is 1500. The third-order valence-electron chi connectivity index (χ3n) is 6.99. The fourth-order valence-electron chi connectivity index (χ4n) is 4.67. The van der Waals surface area contributed by atoms with Crippen molar-refractivity contribution in [2.24, 2.45) is 0 Å².